The van der Waals surface area contributed by atoms with E-state index in [9.17, 15) is 4.39 Å². The molecule has 1 fully saturated rings. The van der Waals surface area contributed by atoms with E-state index in [0.29, 0.717) is 10.4 Å². The maximum absolute atomic E-state index is 13.3. The zero-order valence-electron chi connectivity index (χ0n) is 7.49. The van der Waals surface area contributed by atoms with Crippen LogP contribution in [-0.2, 0) is 0 Å². The van der Waals surface area contributed by atoms with Gasteiger partial charge in [0.25, 0.3) is 0 Å². The molecule has 0 saturated carbocycles. The molecule has 1 atom stereocenters. The van der Waals surface area contributed by atoms with Crippen LogP contribution in [0.5, 0.6) is 0 Å². The van der Waals surface area contributed by atoms with Gasteiger partial charge in [0.05, 0.1) is 5.02 Å². The van der Waals surface area contributed by atoms with E-state index in [2.05, 4.69) is 21.2 Å². The van der Waals surface area contributed by atoms with Gasteiger partial charge in [0.15, 0.2) is 0 Å². The van der Waals surface area contributed by atoms with Crippen molar-refractivity contribution in [2.75, 3.05) is 13.1 Å². The molecular formula is C10H10BrClFN. The number of halogens is 3. The molecule has 1 aliphatic rings. The van der Waals surface area contributed by atoms with Crippen molar-refractivity contribution in [3.8, 4) is 0 Å². The summed E-state index contributed by atoms with van der Waals surface area (Å²) in [4.78, 5) is 0. The summed E-state index contributed by atoms with van der Waals surface area (Å²) in [5, 5.41) is 3.42. The van der Waals surface area contributed by atoms with Gasteiger partial charge in [-0.05, 0) is 52.5 Å². The molecule has 4 heteroatoms. The van der Waals surface area contributed by atoms with Crippen LogP contribution in [0.15, 0.2) is 16.6 Å². The maximum Gasteiger partial charge on any atom is 0.143 e. The minimum Gasteiger partial charge on any atom is -0.316 e. The van der Waals surface area contributed by atoms with Crippen molar-refractivity contribution in [1.29, 1.82) is 0 Å². The smallest absolute Gasteiger partial charge is 0.143 e. The van der Waals surface area contributed by atoms with Crippen LogP contribution in [0.2, 0.25) is 5.02 Å². The molecular weight excluding hydrogens is 268 g/mol. The van der Waals surface area contributed by atoms with Crippen LogP contribution < -0.4 is 5.32 Å². The van der Waals surface area contributed by atoms with Gasteiger partial charge in [0, 0.05) is 11.0 Å². The Bertz CT molecular complexity index is 327. The molecule has 0 radical (unpaired) electrons. The molecule has 1 nitrogen and oxygen atoms in total. The van der Waals surface area contributed by atoms with Crippen LogP contribution in [0.1, 0.15) is 17.9 Å². The monoisotopic (exact) mass is 277 g/mol. The van der Waals surface area contributed by atoms with E-state index in [-0.39, 0.29) is 10.8 Å². The summed E-state index contributed by atoms with van der Waals surface area (Å²) in [7, 11) is 0. The standard InChI is InChI=1S/C10H10BrClFN/c11-8-3-7(4-9(13)10(8)12)6-1-2-14-5-6/h3-4,6,14H,1-2,5H2. The summed E-state index contributed by atoms with van der Waals surface area (Å²) in [5.41, 5.74) is 1.02. The highest BCUT2D eigenvalue weighted by atomic mass is 79.9. The van der Waals surface area contributed by atoms with Gasteiger partial charge in [-0.15, -0.1) is 0 Å². The van der Waals surface area contributed by atoms with Crippen LogP contribution in [0, 0.1) is 5.82 Å². The molecule has 0 bridgehead atoms. The second-order valence-electron chi connectivity index (χ2n) is 3.49. The molecule has 14 heavy (non-hydrogen) atoms. The predicted molar refractivity (Wildman–Crippen MR) is 59.3 cm³/mol. The average molecular weight is 279 g/mol. The lowest BCUT2D eigenvalue weighted by Gasteiger charge is -2.10. The first-order valence-corrected chi connectivity index (χ1v) is 5.70. The third-order valence-corrected chi connectivity index (χ3v) is 3.78. The lowest BCUT2D eigenvalue weighted by molar-refractivity contribution is 0.620. The SMILES string of the molecule is Fc1cc(C2CCNC2)cc(Br)c1Cl. The van der Waals surface area contributed by atoms with E-state index in [1.165, 1.54) is 6.07 Å². The molecule has 1 saturated heterocycles. The van der Waals surface area contributed by atoms with Gasteiger partial charge in [-0.2, -0.15) is 0 Å². The van der Waals surface area contributed by atoms with Crippen LogP contribution >= 0.6 is 27.5 Å². The Morgan fingerprint density at radius 3 is 2.86 bits per heavy atom. The summed E-state index contributed by atoms with van der Waals surface area (Å²) in [6.07, 6.45) is 1.06. The first kappa shape index (κ1) is 10.4. The Morgan fingerprint density at radius 1 is 1.50 bits per heavy atom. The van der Waals surface area contributed by atoms with Gasteiger partial charge < -0.3 is 5.32 Å². The third-order valence-electron chi connectivity index (χ3n) is 2.54. The van der Waals surface area contributed by atoms with Gasteiger partial charge in [-0.3, -0.25) is 0 Å². The van der Waals surface area contributed by atoms with Crippen LogP contribution in [-0.4, -0.2) is 13.1 Å². The van der Waals surface area contributed by atoms with Gasteiger partial charge in [0.1, 0.15) is 5.82 Å². The first-order valence-electron chi connectivity index (χ1n) is 4.53. The second-order valence-corrected chi connectivity index (χ2v) is 4.72. The summed E-state index contributed by atoms with van der Waals surface area (Å²) >= 11 is 8.97. The Labute approximate surface area is 95.8 Å². The van der Waals surface area contributed by atoms with Gasteiger partial charge in [-0.25, -0.2) is 4.39 Å². The highest BCUT2D eigenvalue weighted by molar-refractivity contribution is 9.10. The summed E-state index contributed by atoms with van der Waals surface area (Å²) in [5.74, 6) is 0.0704. The fourth-order valence-electron chi connectivity index (χ4n) is 1.75. The van der Waals surface area contributed by atoms with E-state index in [0.717, 1.165) is 25.1 Å². The zero-order valence-corrected chi connectivity index (χ0v) is 9.83. The first-order chi connectivity index (χ1) is 6.68. The highest BCUT2D eigenvalue weighted by Gasteiger charge is 2.18. The number of hydrogen-bond donors (Lipinski definition) is 1. The topological polar surface area (TPSA) is 12.0 Å². The lowest BCUT2D eigenvalue weighted by atomic mass is 9.98. The van der Waals surface area contributed by atoms with E-state index in [1.807, 2.05) is 6.07 Å². The Kier molecular flexibility index (Phi) is 3.10. The normalized spacial score (nSPS) is 21.5. The highest BCUT2D eigenvalue weighted by Crippen LogP contribution is 2.31. The Balaban J connectivity index is 2.34. The third kappa shape index (κ3) is 1.95. The largest absolute Gasteiger partial charge is 0.316 e. The lowest BCUT2D eigenvalue weighted by Crippen LogP contribution is -2.08. The van der Waals surface area contributed by atoms with Crippen LogP contribution in [0.4, 0.5) is 4.39 Å². The fraction of sp³-hybridized carbons (Fsp3) is 0.400. The van der Waals surface area contributed by atoms with Crippen molar-refractivity contribution in [1.82, 2.24) is 5.32 Å². The summed E-state index contributed by atoms with van der Waals surface area (Å²) in [6.45, 7) is 1.93. The molecule has 1 unspecified atom stereocenters. The molecule has 1 aliphatic heterocycles. The van der Waals surface area contributed by atoms with E-state index < -0.39 is 0 Å². The summed E-state index contributed by atoms with van der Waals surface area (Å²) < 4.78 is 14.0. The van der Waals surface area contributed by atoms with E-state index in [4.69, 9.17) is 11.6 Å². The molecule has 2 rings (SSSR count). The second kappa shape index (κ2) is 4.17. The van der Waals surface area contributed by atoms with Crippen molar-refractivity contribution >= 4 is 27.5 Å². The maximum atomic E-state index is 13.3. The predicted octanol–water partition coefficient (Wildman–Crippen LogP) is 3.32. The number of hydrogen-bond acceptors (Lipinski definition) is 1. The van der Waals surface area contributed by atoms with Gasteiger partial charge in [-0.1, -0.05) is 11.6 Å². The van der Waals surface area contributed by atoms with Crippen molar-refractivity contribution in [2.24, 2.45) is 0 Å². The van der Waals surface area contributed by atoms with Crippen LogP contribution in [0.25, 0.3) is 0 Å². The summed E-state index contributed by atoms with van der Waals surface area (Å²) in [6, 6.07) is 3.44. The van der Waals surface area contributed by atoms with Gasteiger partial charge in [0.2, 0.25) is 0 Å². The average Bonchev–Trinajstić information content (AvgIpc) is 2.66. The molecule has 1 heterocycles. The van der Waals surface area contributed by atoms with Crippen LogP contribution in [0.3, 0.4) is 0 Å². The van der Waals surface area contributed by atoms with Crippen molar-refractivity contribution in [3.05, 3.63) is 33.0 Å². The molecule has 1 N–H and O–H groups in total. The zero-order chi connectivity index (χ0) is 10.1. The minimum atomic E-state index is -0.344. The Hall–Kier alpha value is -0.120. The minimum absolute atomic E-state index is 0.166. The quantitative estimate of drug-likeness (QED) is 0.777. The van der Waals surface area contributed by atoms with Gasteiger partial charge >= 0.3 is 0 Å². The molecule has 1 aromatic carbocycles. The molecule has 76 valence electrons. The molecule has 0 aliphatic carbocycles. The molecule has 0 spiro atoms. The van der Waals surface area contributed by atoms with E-state index in [1.54, 1.807) is 0 Å². The van der Waals surface area contributed by atoms with E-state index >= 15 is 0 Å². The molecule has 1 aromatic rings. The number of benzene rings is 1. The fourth-order valence-corrected chi connectivity index (χ4v) is 2.31. The Morgan fingerprint density at radius 2 is 2.29 bits per heavy atom. The molecule has 0 amide bonds. The number of nitrogens with one attached hydrogen (secondary N) is 1. The number of rotatable bonds is 1. The van der Waals surface area contributed by atoms with Crippen molar-refractivity contribution in [3.63, 3.8) is 0 Å². The van der Waals surface area contributed by atoms with Crippen molar-refractivity contribution in [2.45, 2.75) is 12.3 Å². The molecule has 0 aromatic heterocycles. The van der Waals surface area contributed by atoms with Crippen molar-refractivity contribution < 1.29 is 4.39 Å².